The third-order valence-corrected chi connectivity index (χ3v) is 2.63. The molecule has 5 nitrogen and oxygen atoms in total. The monoisotopic (exact) mass is 253 g/mol. The van der Waals surface area contributed by atoms with Gasteiger partial charge in [-0.3, -0.25) is 4.90 Å². The summed E-state index contributed by atoms with van der Waals surface area (Å²) in [5.74, 6) is 0.380. The summed E-state index contributed by atoms with van der Waals surface area (Å²) in [4.78, 5) is 12.5. The molecule has 1 rings (SSSR count). The molecule has 0 saturated heterocycles. The van der Waals surface area contributed by atoms with Crippen LogP contribution in [0, 0.1) is 0 Å². The first-order valence-corrected chi connectivity index (χ1v) is 5.62. The van der Waals surface area contributed by atoms with Gasteiger partial charge in [0.25, 0.3) is 0 Å². The SMILES string of the molecule is COc1cc(CN(C(=O)O)C(C)(C)C)ccc1O. The van der Waals surface area contributed by atoms with Crippen molar-refractivity contribution in [3.05, 3.63) is 23.8 Å². The second-order valence-electron chi connectivity index (χ2n) is 5.05. The van der Waals surface area contributed by atoms with Crippen LogP contribution in [0.25, 0.3) is 0 Å². The average Bonchev–Trinajstić information content (AvgIpc) is 2.25. The van der Waals surface area contributed by atoms with Gasteiger partial charge in [-0.25, -0.2) is 4.79 Å². The number of hydrogen-bond acceptors (Lipinski definition) is 3. The van der Waals surface area contributed by atoms with E-state index in [4.69, 9.17) is 4.74 Å². The zero-order valence-corrected chi connectivity index (χ0v) is 11.1. The molecule has 0 aromatic heterocycles. The lowest BCUT2D eigenvalue weighted by atomic mass is 10.1. The van der Waals surface area contributed by atoms with E-state index in [1.54, 1.807) is 12.1 Å². The van der Waals surface area contributed by atoms with Gasteiger partial charge in [0.15, 0.2) is 11.5 Å². The van der Waals surface area contributed by atoms with E-state index in [1.807, 2.05) is 20.8 Å². The number of phenols is 1. The minimum absolute atomic E-state index is 0.0406. The van der Waals surface area contributed by atoms with E-state index in [0.29, 0.717) is 5.75 Å². The zero-order chi connectivity index (χ0) is 13.9. The molecule has 0 spiro atoms. The Kier molecular flexibility index (Phi) is 4.06. The minimum Gasteiger partial charge on any atom is -0.504 e. The number of methoxy groups -OCH3 is 1. The number of carbonyl (C=O) groups is 1. The van der Waals surface area contributed by atoms with Crippen LogP contribution in [-0.4, -0.2) is 33.9 Å². The molecule has 0 atom stereocenters. The molecule has 0 radical (unpaired) electrons. The Bertz CT molecular complexity index is 437. The molecule has 0 heterocycles. The van der Waals surface area contributed by atoms with E-state index in [1.165, 1.54) is 18.1 Å². The predicted molar refractivity (Wildman–Crippen MR) is 68.0 cm³/mol. The van der Waals surface area contributed by atoms with Crippen LogP contribution in [-0.2, 0) is 6.54 Å². The standard InChI is InChI=1S/C13H19NO4/c1-13(2,3)14(12(16)17)8-9-5-6-10(15)11(7-9)18-4/h5-7,15H,8H2,1-4H3,(H,16,17). The van der Waals surface area contributed by atoms with Gasteiger partial charge in [0.1, 0.15) is 0 Å². The van der Waals surface area contributed by atoms with Crippen molar-refractivity contribution in [2.45, 2.75) is 32.9 Å². The molecule has 0 saturated carbocycles. The Morgan fingerprint density at radius 2 is 2.00 bits per heavy atom. The molecule has 0 fully saturated rings. The van der Waals surface area contributed by atoms with Crippen LogP contribution in [0.15, 0.2) is 18.2 Å². The highest BCUT2D eigenvalue weighted by atomic mass is 16.5. The van der Waals surface area contributed by atoms with Crippen molar-refractivity contribution in [1.82, 2.24) is 4.90 Å². The van der Waals surface area contributed by atoms with Gasteiger partial charge in [-0.1, -0.05) is 6.07 Å². The first-order valence-electron chi connectivity index (χ1n) is 5.62. The van der Waals surface area contributed by atoms with Crippen LogP contribution in [0.1, 0.15) is 26.3 Å². The molecule has 1 amide bonds. The molecule has 0 bridgehead atoms. The molecule has 0 aliphatic heterocycles. The van der Waals surface area contributed by atoms with Crippen LogP contribution in [0.2, 0.25) is 0 Å². The summed E-state index contributed by atoms with van der Waals surface area (Å²) >= 11 is 0. The van der Waals surface area contributed by atoms with Gasteiger partial charge in [0.2, 0.25) is 0 Å². The van der Waals surface area contributed by atoms with Crippen LogP contribution in [0.3, 0.4) is 0 Å². The van der Waals surface area contributed by atoms with E-state index in [2.05, 4.69) is 0 Å². The van der Waals surface area contributed by atoms with Crippen molar-refractivity contribution in [3.63, 3.8) is 0 Å². The highest BCUT2D eigenvalue weighted by Crippen LogP contribution is 2.28. The second kappa shape index (κ2) is 5.16. The Hall–Kier alpha value is -1.91. The lowest BCUT2D eigenvalue weighted by Crippen LogP contribution is -2.44. The highest BCUT2D eigenvalue weighted by molar-refractivity contribution is 5.66. The summed E-state index contributed by atoms with van der Waals surface area (Å²) < 4.78 is 5.00. The summed E-state index contributed by atoms with van der Waals surface area (Å²) in [6.07, 6.45) is -0.977. The van der Waals surface area contributed by atoms with Gasteiger partial charge in [-0.05, 0) is 38.5 Å². The summed E-state index contributed by atoms with van der Waals surface area (Å²) in [5, 5.41) is 18.7. The maximum absolute atomic E-state index is 11.2. The molecule has 0 unspecified atom stereocenters. The molecule has 2 N–H and O–H groups in total. The molecular formula is C13H19NO4. The molecule has 18 heavy (non-hydrogen) atoms. The van der Waals surface area contributed by atoms with E-state index in [-0.39, 0.29) is 12.3 Å². The maximum Gasteiger partial charge on any atom is 0.408 e. The fourth-order valence-corrected chi connectivity index (χ4v) is 1.59. The number of ether oxygens (including phenoxy) is 1. The first kappa shape index (κ1) is 14.2. The fraction of sp³-hybridized carbons (Fsp3) is 0.462. The molecule has 0 aliphatic carbocycles. The number of benzene rings is 1. The quantitative estimate of drug-likeness (QED) is 0.868. The maximum atomic E-state index is 11.2. The fourth-order valence-electron chi connectivity index (χ4n) is 1.59. The van der Waals surface area contributed by atoms with Gasteiger partial charge in [-0.15, -0.1) is 0 Å². The van der Waals surface area contributed by atoms with Crippen molar-refractivity contribution in [2.75, 3.05) is 7.11 Å². The summed E-state index contributed by atoms with van der Waals surface area (Å²) in [5.41, 5.74) is 0.277. The van der Waals surface area contributed by atoms with E-state index in [9.17, 15) is 15.0 Å². The molecule has 5 heteroatoms. The topological polar surface area (TPSA) is 70.0 Å². The Morgan fingerprint density at radius 3 is 2.44 bits per heavy atom. The van der Waals surface area contributed by atoms with Gasteiger partial charge in [-0.2, -0.15) is 0 Å². The third-order valence-electron chi connectivity index (χ3n) is 2.63. The number of phenolic OH excluding ortho intramolecular Hbond substituents is 1. The van der Waals surface area contributed by atoms with Gasteiger partial charge in [0, 0.05) is 12.1 Å². The highest BCUT2D eigenvalue weighted by Gasteiger charge is 2.26. The van der Waals surface area contributed by atoms with E-state index < -0.39 is 11.6 Å². The average molecular weight is 253 g/mol. The number of hydrogen-bond donors (Lipinski definition) is 2. The summed E-state index contributed by atoms with van der Waals surface area (Å²) in [6.45, 7) is 5.74. The Morgan fingerprint density at radius 1 is 1.39 bits per heavy atom. The van der Waals surface area contributed by atoms with Crippen molar-refractivity contribution in [1.29, 1.82) is 0 Å². The number of carboxylic acid groups (broad SMARTS) is 1. The van der Waals surface area contributed by atoms with Crippen LogP contribution < -0.4 is 4.74 Å². The normalized spacial score (nSPS) is 11.1. The lowest BCUT2D eigenvalue weighted by Gasteiger charge is -2.33. The van der Waals surface area contributed by atoms with Crippen LogP contribution >= 0.6 is 0 Å². The molecule has 0 aliphatic rings. The van der Waals surface area contributed by atoms with Crippen molar-refractivity contribution >= 4 is 6.09 Å². The molecular weight excluding hydrogens is 234 g/mol. The third kappa shape index (κ3) is 3.29. The van der Waals surface area contributed by atoms with Crippen LogP contribution in [0.4, 0.5) is 4.79 Å². The van der Waals surface area contributed by atoms with Gasteiger partial charge >= 0.3 is 6.09 Å². The van der Waals surface area contributed by atoms with E-state index >= 15 is 0 Å². The Labute approximate surface area is 107 Å². The summed E-state index contributed by atoms with van der Waals surface area (Å²) in [6, 6.07) is 4.81. The van der Waals surface area contributed by atoms with Crippen LogP contribution in [0.5, 0.6) is 11.5 Å². The summed E-state index contributed by atoms with van der Waals surface area (Å²) in [7, 11) is 1.46. The number of amides is 1. The van der Waals surface area contributed by atoms with Gasteiger partial charge < -0.3 is 14.9 Å². The molecule has 1 aromatic carbocycles. The lowest BCUT2D eigenvalue weighted by molar-refractivity contribution is 0.0955. The van der Waals surface area contributed by atoms with E-state index in [0.717, 1.165) is 5.56 Å². The van der Waals surface area contributed by atoms with Crippen molar-refractivity contribution in [3.8, 4) is 11.5 Å². The van der Waals surface area contributed by atoms with Gasteiger partial charge in [0.05, 0.1) is 7.11 Å². The molecule has 100 valence electrons. The number of aromatic hydroxyl groups is 1. The first-order chi connectivity index (χ1) is 8.25. The minimum atomic E-state index is -0.977. The van der Waals surface area contributed by atoms with Crippen molar-refractivity contribution < 1.29 is 19.7 Å². The number of nitrogens with zero attached hydrogens (tertiary/aromatic N) is 1. The largest absolute Gasteiger partial charge is 0.504 e. The predicted octanol–water partition coefficient (Wildman–Crippen LogP) is 2.68. The molecule has 1 aromatic rings. The second-order valence-corrected chi connectivity index (χ2v) is 5.05. The zero-order valence-electron chi connectivity index (χ0n) is 11.1. The van der Waals surface area contributed by atoms with Crippen molar-refractivity contribution in [2.24, 2.45) is 0 Å². The number of rotatable bonds is 3. The smallest absolute Gasteiger partial charge is 0.408 e. The Balaban J connectivity index is 2.98.